The van der Waals surface area contributed by atoms with Gasteiger partial charge in [0.25, 0.3) is 0 Å². The smallest absolute Gasteiger partial charge is 0.303 e. The Bertz CT molecular complexity index is 1070. The van der Waals surface area contributed by atoms with Gasteiger partial charge in [-0.1, -0.05) is 32.4 Å². The summed E-state index contributed by atoms with van der Waals surface area (Å²) >= 11 is 0. The summed E-state index contributed by atoms with van der Waals surface area (Å²) in [5.74, 6) is -2.00. The van der Waals surface area contributed by atoms with Crippen molar-refractivity contribution >= 4 is 29.5 Å². The third-order valence-corrected chi connectivity index (χ3v) is 9.41. The maximum absolute atomic E-state index is 13.6. The van der Waals surface area contributed by atoms with Crippen molar-refractivity contribution in [3.8, 4) is 0 Å². The molecule has 0 heterocycles. The first-order valence-electron chi connectivity index (χ1n) is 12.7. The molecular formula is C28H36O8. The molecule has 0 N–H and O–H groups in total. The lowest BCUT2D eigenvalue weighted by Crippen LogP contribution is -2.64. The second-order valence-corrected chi connectivity index (χ2v) is 11.5. The molecule has 4 aliphatic rings. The summed E-state index contributed by atoms with van der Waals surface area (Å²) in [6.07, 6.45) is 6.76. The van der Waals surface area contributed by atoms with E-state index in [1.165, 1.54) is 20.8 Å². The molecule has 0 aromatic rings. The maximum atomic E-state index is 13.6. The molecule has 0 bridgehead atoms. The Morgan fingerprint density at radius 1 is 1.06 bits per heavy atom. The third-order valence-electron chi connectivity index (χ3n) is 9.41. The predicted molar refractivity (Wildman–Crippen MR) is 128 cm³/mol. The minimum absolute atomic E-state index is 0.00166. The molecule has 3 saturated carbocycles. The molecule has 0 spiro atoms. The highest BCUT2D eigenvalue weighted by molar-refractivity contribution is 6.01. The number of esters is 3. The molecule has 36 heavy (non-hydrogen) atoms. The van der Waals surface area contributed by atoms with Crippen molar-refractivity contribution in [2.75, 3.05) is 6.61 Å². The fourth-order valence-electron chi connectivity index (χ4n) is 8.24. The van der Waals surface area contributed by atoms with Crippen LogP contribution in [0.25, 0.3) is 0 Å². The number of hydrogen-bond donors (Lipinski definition) is 0. The average molecular weight is 501 g/mol. The Morgan fingerprint density at radius 3 is 2.36 bits per heavy atom. The van der Waals surface area contributed by atoms with Crippen LogP contribution in [0, 0.1) is 34.5 Å². The van der Waals surface area contributed by atoms with Crippen LogP contribution < -0.4 is 0 Å². The molecular weight excluding hydrogens is 464 g/mol. The van der Waals surface area contributed by atoms with Crippen LogP contribution in [0.1, 0.15) is 67.2 Å². The maximum Gasteiger partial charge on any atom is 0.303 e. The molecule has 8 atom stereocenters. The number of carbonyl (C=O) groups is 5. The molecule has 4 aliphatic carbocycles. The lowest BCUT2D eigenvalue weighted by molar-refractivity contribution is -0.206. The fourth-order valence-corrected chi connectivity index (χ4v) is 8.24. The Balaban J connectivity index is 1.83. The van der Waals surface area contributed by atoms with Gasteiger partial charge in [-0.05, 0) is 55.6 Å². The number of fused-ring (bicyclic) bond motifs is 5. The van der Waals surface area contributed by atoms with E-state index in [2.05, 4.69) is 13.8 Å². The molecule has 4 unspecified atom stereocenters. The van der Waals surface area contributed by atoms with Crippen molar-refractivity contribution in [3.63, 3.8) is 0 Å². The SMILES string of the molecule is CC(=O)OCC(=O)[C@@]1(OC(C)=O)CCC2C3C[C@H](C)C4=CC(=O)C=C[C@]4(C)C3C(OC(C)=O)C[C@@]21C. The van der Waals surface area contributed by atoms with Crippen LogP contribution in [0.2, 0.25) is 0 Å². The van der Waals surface area contributed by atoms with Gasteiger partial charge in [-0.3, -0.25) is 24.0 Å². The van der Waals surface area contributed by atoms with Crippen LogP contribution in [0.5, 0.6) is 0 Å². The van der Waals surface area contributed by atoms with E-state index in [1.54, 1.807) is 12.2 Å². The molecule has 0 aromatic carbocycles. The van der Waals surface area contributed by atoms with Crippen molar-refractivity contribution < 1.29 is 38.2 Å². The predicted octanol–water partition coefficient (Wildman–Crippen LogP) is 3.52. The molecule has 3 fully saturated rings. The number of rotatable bonds is 5. The summed E-state index contributed by atoms with van der Waals surface area (Å²) < 4.78 is 16.9. The average Bonchev–Trinajstić information content (AvgIpc) is 3.05. The fraction of sp³-hybridized carbons (Fsp3) is 0.679. The van der Waals surface area contributed by atoms with Crippen molar-refractivity contribution in [3.05, 3.63) is 23.8 Å². The number of ether oxygens (including phenoxy) is 3. The van der Waals surface area contributed by atoms with Gasteiger partial charge in [-0.15, -0.1) is 0 Å². The van der Waals surface area contributed by atoms with Crippen LogP contribution in [0.4, 0.5) is 0 Å². The largest absolute Gasteiger partial charge is 0.462 e. The Morgan fingerprint density at radius 2 is 1.75 bits per heavy atom. The standard InChI is InChI=1S/C28H36O8/c1-15-11-20-21-8-10-28(36-18(4)31,24(33)14-34-16(2)29)27(21,6)13-23(35-17(3)30)25(20)26(5)9-7-19(32)12-22(15)26/h7,9,12,15,20-21,23,25H,8,10-11,13-14H2,1-6H3/t15-,20?,21?,23?,25?,26-,27-,28-/m0/s1. The number of hydrogen-bond acceptors (Lipinski definition) is 8. The zero-order valence-electron chi connectivity index (χ0n) is 21.9. The topological polar surface area (TPSA) is 113 Å². The van der Waals surface area contributed by atoms with Crippen molar-refractivity contribution in [2.45, 2.75) is 78.9 Å². The zero-order valence-corrected chi connectivity index (χ0v) is 21.9. The Hall–Kier alpha value is -2.77. The Kier molecular flexibility index (Phi) is 6.55. The molecule has 8 heteroatoms. The van der Waals surface area contributed by atoms with Gasteiger partial charge in [0.15, 0.2) is 18.0 Å². The second kappa shape index (κ2) is 8.96. The molecule has 0 amide bonds. The van der Waals surface area contributed by atoms with E-state index in [-0.39, 0.29) is 29.5 Å². The number of carbonyl (C=O) groups excluding carboxylic acids is 5. The number of ketones is 2. The van der Waals surface area contributed by atoms with Gasteiger partial charge in [-0.2, -0.15) is 0 Å². The van der Waals surface area contributed by atoms with E-state index in [1.807, 2.05) is 13.0 Å². The summed E-state index contributed by atoms with van der Waals surface area (Å²) in [6, 6.07) is 0. The van der Waals surface area contributed by atoms with Crippen LogP contribution in [-0.4, -0.2) is 47.8 Å². The van der Waals surface area contributed by atoms with Crippen LogP contribution in [-0.2, 0) is 38.2 Å². The van der Waals surface area contributed by atoms with Crippen LogP contribution >= 0.6 is 0 Å². The van der Waals surface area contributed by atoms with Crippen LogP contribution in [0.3, 0.4) is 0 Å². The van der Waals surface area contributed by atoms with Gasteiger partial charge in [0.05, 0.1) is 0 Å². The molecule has 0 aromatic heterocycles. The highest BCUT2D eigenvalue weighted by Gasteiger charge is 2.71. The summed E-state index contributed by atoms with van der Waals surface area (Å²) in [7, 11) is 0. The van der Waals surface area contributed by atoms with Crippen molar-refractivity contribution in [2.24, 2.45) is 34.5 Å². The number of allylic oxidation sites excluding steroid dienone is 4. The van der Waals surface area contributed by atoms with E-state index in [9.17, 15) is 24.0 Å². The molecule has 0 saturated heterocycles. The van der Waals surface area contributed by atoms with Crippen LogP contribution in [0.15, 0.2) is 23.8 Å². The molecule has 8 nitrogen and oxygen atoms in total. The van der Waals surface area contributed by atoms with Gasteiger partial charge in [0, 0.05) is 37.5 Å². The monoisotopic (exact) mass is 500 g/mol. The molecule has 0 aliphatic heterocycles. The quantitative estimate of drug-likeness (QED) is 0.416. The molecule has 0 radical (unpaired) electrons. The second-order valence-electron chi connectivity index (χ2n) is 11.5. The molecule has 196 valence electrons. The summed E-state index contributed by atoms with van der Waals surface area (Å²) in [5.41, 5.74) is -1.75. The first-order valence-corrected chi connectivity index (χ1v) is 12.7. The zero-order chi connectivity index (χ0) is 26.6. The van der Waals surface area contributed by atoms with Gasteiger partial charge >= 0.3 is 17.9 Å². The summed E-state index contributed by atoms with van der Waals surface area (Å²) in [4.78, 5) is 62.0. The van der Waals surface area contributed by atoms with E-state index < -0.39 is 52.8 Å². The van der Waals surface area contributed by atoms with Gasteiger partial charge in [-0.25, -0.2) is 0 Å². The normalized spacial score (nSPS) is 40.8. The highest BCUT2D eigenvalue weighted by atomic mass is 16.6. The first-order chi connectivity index (χ1) is 16.7. The summed E-state index contributed by atoms with van der Waals surface area (Å²) in [5, 5.41) is 0. The van der Waals surface area contributed by atoms with E-state index >= 15 is 0 Å². The first kappa shape index (κ1) is 26.3. The molecule has 4 rings (SSSR count). The van der Waals surface area contributed by atoms with Gasteiger partial charge < -0.3 is 14.2 Å². The van der Waals surface area contributed by atoms with E-state index in [0.717, 1.165) is 12.0 Å². The van der Waals surface area contributed by atoms with Crippen molar-refractivity contribution in [1.82, 2.24) is 0 Å². The van der Waals surface area contributed by atoms with Gasteiger partial charge in [0.2, 0.25) is 5.78 Å². The summed E-state index contributed by atoms with van der Waals surface area (Å²) in [6.45, 7) is 9.55. The minimum Gasteiger partial charge on any atom is -0.462 e. The van der Waals surface area contributed by atoms with Crippen molar-refractivity contribution in [1.29, 1.82) is 0 Å². The van der Waals surface area contributed by atoms with Gasteiger partial charge in [0.1, 0.15) is 6.10 Å². The lowest BCUT2D eigenvalue weighted by Gasteiger charge is -2.61. The minimum atomic E-state index is -1.49. The third kappa shape index (κ3) is 3.93. The Labute approximate surface area is 211 Å². The lowest BCUT2D eigenvalue weighted by atomic mass is 9.44. The van der Waals surface area contributed by atoms with E-state index in [0.29, 0.717) is 19.3 Å². The highest BCUT2D eigenvalue weighted by Crippen LogP contribution is 2.69. The number of Topliss-reactive ketones (excluding diaryl/α,β-unsaturated/α-hetero) is 1. The van der Waals surface area contributed by atoms with E-state index in [4.69, 9.17) is 14.2 Å².